The largest absolute Gasteiger partial charge is 0.390 e. The van der Waals surface area contributed by atoms with E-state index >= 15 is 0 Å². The van der Waals surface area contributed by atoms with Crippen LogP contribution in [0.3, 0.4) is 0 Å². The van der Waals surface area contributed by atoms with Crippen molar-refractivity contribution in [2.75, 3.05) is 32.7 Å². The zero-order valence-corrected chi connectivity index (χ0v) is 18.5. The van der Waals surface area contributed by atoms with Gasteiger partial charge in [-0.1, -0.05) is 23.7 Å². The zero-order valence-electron chi connectivity index (χ0n) is 17.7. The van der Waals surface area contributed by atoms with Gasteiger partial charge in [0, 0.05) is 58.4 Å². The van der Waals surface area contributed by atoms with Gasteiger partial charge >= 0.3 is 5.69 Å². The van der Waals surface area contributed by atoms with Crippen LogP contribution in [0.2, 0.25) is 5.02 Å². The number of β-amino-alcohol motifs (C(OH)–C–C–N with tert-alkyl or cyclic N) is 1. The molecule has 1 unspecified atom stereocenters. The molecule has 10 heteroatoms. The highest BCUT2D eigenvalue weighted by atomic mass is 35.5. The zero-order chi connectivity index (χ0) is 22.1. The van der Waals surface area contributed by atoms with E-state index in [1.165, 1.54) is 23.5 Å². The van der Waals surface area contributed by atoms with Crippen LogP contribution in [0.25, 0.3) is 11.2 Å². The molecule has 0 amide bonds. The second kappa shape index (κ2) is 8.96. The number of aromatic nitrogens is 4. The first-order valence-electron chi connectivity index (χ1n) is 10.3. The molecule has 1 atom stereocenters. The number of benzene rings is 1. The number of fused-ring (bicyclic) bond motifs is 1. The van der Waals surface area contributed by atoms with Crippen molar-refractivity contribution < 1.29 is 5.11 Å². The predicted octanol–water partition coefficient (Wildman–Crippen LogP) is 0.266. The summed E-state index contributed by atoms with van der Waals surface area (Å²) in [6, 6.07) is 7.92. The number of hydrogen-bond donors (Lipinski definition) is 1. The van der Waals surface area contributed by atoms with E-state index in [2.05, 4.69) is 14.8 Å². The van der Waals surface area contributed by atoms with Crippen LogP contribution in [0.5, 0.6) is 0 Å². The monoisotopic (exact) mass is 446 g/mol. The highest BCUT2D eigenvalue weighted by Crippen LogP contribution is 2.13. The van der Waals surface area contributed by atoms with Crippen LogP contribution in [0.15, 0.2) is 40.2 Å². The van der Waals surface area contributed by atoms with Gasteiger partial charge in [0.1, 0.15) is 0 Å². The molecule has 0 spiro atoms. The van der Waals surface area contributed by atoms with Gasteiger partial charge in [-0.3, -0.25) is 23.7 Å². The minimum absolute atomic E-state index is 0.245. The lowest BCUT2D eigenvalue weighted by molar-refractivity contribution is 0.0627. The number of aryl methyl sites for hydroxylation is 1. The molecule has 166 valence electrons. The average molecular weight is 447 g/mol. The maximum absolute atomic E-state index is 12.5. The van der Waals surface area contributed by atoms with Gasteiger partial charge in [0.15, 0.2) is 11.2 Å². The molecule has 0 aliphatic carbocycles. The molecule has 1 aromatic carbocycles. The van der Waals surface area contributed by atoms with Crippen molar-refractivity contribution in [3.05, 3.63) is 62.0 Å². The van der Waals surface area contributed by atoms with E-state index in [0.29, 0.717) is 17.7 Å². The van der Waals surface area contributed by atoms with Gasteiger partial charge in [-0.05, 0) is 17.7 Å². The van der Waals surface area contributed by atoms with Crippen molar-refractivity contribution in [2.45, 2.75) is 19.2 Å². The topological polar surface area (TPSA) is 88.5 Å². The van der Waals surface area contributed by atoms with Gasteiger partial charge in [0.2, 0.25) is 0 Å². The van der Waals surface area contributed by atoms with Crippen LogP contribution in [0.1, 0.15) is 5.56 Å². The first-order chi connectivity index (χ1) is 14.8. The van der Waals surface area contributed by atoms with Crippen LogP contribution in [0.4, 0.5) is 0 Å². The van der Waals surface area contributed by atoms with Crippen molar-refractivity contribution in [3.8, 4) is 0 Å². The Morgan fingerprint density at radius 1 is 1.00 bits per heavy atom. The molecular formula is C21H27ClN6O3. The maximum atomic E-state index is 12.5. The maximum Gasteiger partial charge on any atom is 0.332 e. The molecule has 1 aliphatic rings. The highest BCUT2D eigenvalue weighted by molar-refractivity contribution is 6.30. The Morgan fingerprint density at radius 3 is 2.32 bits per heavy atom. The number of halogens is 1. The summed E-state index contributed by atoms with van der Waals surface area (Å²) in [6.45, 7) is 5.22. The average Bonchev–Trinajstić information content (AvgIpc) is 3.17. The highest BCUT2D eigenvalue weighted by Gasteiger charge is 2.21. The molecule has 0 radical (unpaired) electrons. The first-order valence-corrected chi connectivity index (χ1v) is 10.7. The standard InChI is InChI=1S/C21H27ClN6O3/c1-24-19-18(20(30)25(2)21(24)31)28(14-23-19)13-17(29)12-27-9-7-26(8-10-27)11-15-3-5-16(22)6-4-15/h3-6,14,17,29H,7-13H2,1-2H3. The number of piperazine rings is 1. The van der Waals surface area contributed by atoms with Gasteiger partial charge < -0.3 is 9.67 Å². The Morgan fingerprint density at radius 2 is 1.65 bits per heavy atom. The summed E-state index contributed by atoms with van der Waals surface area (Å²) >= 11 is 5.95. The lowest BCUT2D eigenvalue weighted by atomic mass is 10.2. The molecule has 2 aromatic heterocycles. The summed E-state index contributed by atoms with van der Waals surface area (Å²) in [4.78, 5) is 33.4. The SMILES string of the molecule is Cn1c(=O)c2c(ncn2CC(O)CN2CCN(Cc3ccc(Cl)cc3)CC2)n(C)c1=O. The van der Waals surface area contributed by atoms with E-state index in [-0.39, 0.29) is 6.54 Å². The Hall–Kier alpha value is -2.46. The molecule has 1 N–H and O–H groups in total. The summed E-state index contributed by atoms with van der Waals surface area (Å²) in [5.41, 5.74) is 1.08. The molecule has 1 fully saturated rings. The van der Waals surface area contributed by atoms with Crippen LogP contribution < -0.4 is 11.2 Å². The summed E-state index contributed by atoms with van der Waals surface area (Å²) in [7, 11) is 3.03. The van der Waals surface area contributed by atoms with Crippen LogP contribution in [-0.2, 0) is 27.2 Å². The quantitative estimate of drug-likeness (QED) is 0.584. The number of hydrogen-bond acceptors (Lipinski definition) is 6. The van der Waals surface area contributed by atoms with E-state index in [4.69, 9.17) is 11.6 Å². The minimum atomic E-state index is -0.651. The van der Waals surface area contributed by atoms with Crippen LogP contribution in [-0.4, -0.2) is 72.4 Å². The lowest BCUT2D eigenvalue weighted by Crippen LogP contribution is -2.48. The van der Waals surface area contributed by atoms with Crippen molar-refractivity contribution >= 4 is 22.8 Å². The van der Waals surface area contributed by atoms with E-state index in [9.17, 15) is 14.7 Å². The normalized spacial score (nSPS) is 16.8. The predicted molar refractivity (Wildman–Crippen MR) is 119 cm³/mol. The Balaban J connectivity index is 1.35. The molecule has 9 nitrogen and oxygen atoms in total. The second-order valence-corrected chi connectivity index (χ2v) is 8.57. The first kappa shape index (κ1) is 21.8. The summed E-state index contributed by atoms with van der Waals surface area (Å²) < 4.78 is 4.05. The summed E-state index contributed by atoms with van der Waals surface area (Å²) in [6.07, 6.45) is 0.862. The Labute approximate surface area is 184 Å². The van der Waals surface area contributed by atoms with E-state index in [1.807, 2.05) is 24.3 Å². The fourth-order valence-electron chi connectivity index (χ4n) is 4.10. The van der Waals surface area contributed by atoms with Gasteiger partial charge in [-0.25, -0.2) is 9.78 Å². The molecule has 31 heavy (non-hydrogen) atoms. The number of aliphatic hydroxyl groups is 1. The van der Waals surface area contributed by atoms with Crippen molar-refractivity contribution in [3.63, 3.8) is 0 Å². The van der Waals surface area contributed by atoms with Crippen molar-refractivity contribution in [2.24, 2.45) is 14.1 Å². The minimum Gasteiger partial charge on any atom is -0.390 e. The third-order valence-electron chi connectivity index (χ3n) is 5.88. The van der Waals surface area contributed by atoms with Crippen molar-refractivity contribution in [1.29, 1.82) is 0 Å². The van der Waals surface area contributed by atoms with E-state index < -0.39 is 17.4 Å². The van der Waals surface area contributed by atoms with Gasteiger partial charge in [0.25, 0.3) is 5.56 Å². The number of imidazole rings is 1. The second-order valence-electron chi connectivity index (χ2n) is 8.13. The molecule has 0 bridgehead atoms. The molecular weight excluding hydrogens is 420 g/mol. The van der Waals surface area contributed by atoms with Gasteiger partial charge in [-0.2, -0.15) is 0 Å². The fraction of sp³-hybridized carbons (Fsp3) is 0.476. The molecule has 1 aliphatic heterocycles. The van der Waals surface area contributed by atoms with Crippen LogP contribution >= 0.6 is 11.6 Å². The number of nitrogens with zero attached hydrogens (tertiary/aromatic N) is 6. The van der Waals surface area contributed by atoms with E-state index in [1.54, 1.807) is 11.6 Å². The van der Waals surface area contributed by atoms with Gasteiger partial charge in [0.05, 0.1) is 19.0 Å². The van der Waals surface area contributed by atoms with Crippen molar-refractivity contribution in [1.82, 2.24) is 28.5 Å². The summed E-state index contributed by atoms with van der Waals surface area (Å²) in [5, 5.41) is 11.4. The lowest BCUT2D eigenvalue weighted by Gasteiger charge is -2.35. The number of rotatable bonds is 6. The van der Waals surface area contributed by atoms with Gasteiger partial charge in [-0.15, -0.1) is 0 Å². The molecule has 4 rings (SSSR count). The van der Waals surface area contributed by atoms with Crippen LogP contribution in [0, 0.1) is 0 Å². The van der Waals surface area contributed by atoms with E-state index in [0.717, 1.165) is 42.3 Å². The molecule has 3 aromatic rings. The molecule has 1 saturated heterocycles. The fourth-order valence-corrected chi connectivity index (χ4v) is 4.22. The Bertz CT molecular complexity index is 1170. The Kier molecular flexibility index (Phi) is 6.29. The summed E-state index contributed by atoms with van der Waals surface area (Å²) in [5.74, 6) is 0. The third kappa shape index (κ3) is 4.59. The third-order valence-corrected chi connectivity index (χ3v) is 6.13. The number of aliphatic hydroxyl groups excluding tert-OH is 1. The smallest absolute Gasteiger partial charge is 0.332 e. The molecule has 0 saturated carbocycles. The molecule has 3 heterocycles.